The maximum Gasteiger partial charge on any atom is 0.131 e. The second-order valence-corrected chi connectivity index (χ2v) is 6.88. The van der Waals surface area contributed by atoms with E-state index in [0.29, 0.717) is 11.3 Å². The van der Waals surface area contributed by atoms with Crippen LogP contribution < -0.4 is 5.32 Å². The summed E-state index contributed by atoms with van der Waals surface area (Å²) in [5.41, 5.74) is 0.340. The minimum Gasteiger partial charge on any atom is -0.310 e. The molecular weight excluding hydrogens is 230 g/mol. The van der Waals surface area contributed by atoms with Crippen molar-refractivity contribution in [3.8, 4) is 0 Å². The van der Waals surface area contributed by atoms with Gasteiger partial charge in [-0.05, 0) is 24.3 Å². The third-order valence-electron chi connectivity index (χ3n) is 3.17. The Balaban J connectivity index is 2.45. The SMILES string of the molecule is CCCNCc1nnc(CC(C)C(C)(C)C)s1. The summed E-state index contributed by atoms with van der Waals surface area (Å²) in [5.74, 6) is 0.631. The van der Waals surface area contributed by atoms with Gasteiger partial charge in [-0.15, -0.1) is 21.5 Å². The van der Waals surface area contributed by atoms with Crippen LogP contribution in [0, 0.1) is 11.3 Å². The van der Waals surface area contributed by atoms with E-state index in [0.717, 1.165) is 30.9 Å². The molecule has 1 aromatic rings. The predicted octanol–water partition coefficient (Wildman–Crippen LogP) is 3.26. The summed E-state index contributed by atoms with van der Waals surface area (Å²) < 4.78 is 0. The van der Waals surface area contributed by atoms with Crippen molar-refractivity contribution in [1.82, 2.24) is 15.5 Å². The van der Waals surface area contributed by atoms with Crippen LogP contribution in [0.15, 0.2) is 0 Å². The fourth-order valence-corrected chi connectivity index (χ4v) is 2.33. The molecule has 4 heteroatoms. The summed E-state index contributed by atoms with van der Waals surface area (Å²) in [5, 5.41) is 14.1. The molecule has 0 radical (unpaired) electrons. The molecule has 1 N–H and O–H groups in total. The van der Waals surface area contributed by atoms with Gasteiger partial charge in [-0.1, -0.05) is 34.6 Å². The molecule has 1 aromatic heterocycles. The summed E-state index contributed by atoms with van der Waals surface area (Å²) in [6.07, 6.45) is 2.20. The van der Waals surface area contributed by atoms with Gasteiger partial charge in [-0.3, -0.25) is 0 Å². The maximum atomic E-state index is 4.28. The molecule has 98 valence electrons. The Kier molecular flexibility index (Phi) is 5.53. The molecule has 0 aromatic carbocycles. The van der Waals surface area contributed by atoms with Crippen molar-refractivity contribution in [1.29, 1.82) is 0 Å². The van der Waals surface area contributed by atoms with Crippen molar-refractivity contribution < 1.29 is 0 Å². The molecule has 1 heterocycles. The molecule has 0 saturated heterocycles. The zero-order chi connectivity index (χ0) is 12.9. The van der Waals surface area contributed by atoms with E-state index in [-0.39, 0.29) is 0 Å². The number of nitrogens with one attached hydrogen (secondary N) is 1. The van der Waals surface area contributed by atoms with Crippen LogP contribution in [-0.2, 0) is 13.0 Å². The third-order valence-corrected chi connectivity index (χ3v) is 4.12. The zero-order valence-electron chi connectivity index (χ0n) is 11.7. The first-order chi connectivity index (χ1) is 7.93. The van der Waals surface area contributed by atoms with E-state index < -0.39 is 0 Å². The monoisotopic (exact) mass is 255 g/mol. The molecule has 0 aliphatic rings. The van der Waals surface area contributed by atoms with Crippen LogP contribution in [0.1, 0.15) is 51.1 Å². The number of aromatic nitrogens is 2. The Morgan fingerprint density at radius 1 is 1.24 bits per heavy atom. The van der Waals surface area contributed by atoms with E-state index in [1.54, 1.807) is 11.3 Å². The second-order valence-electron chi connectivity index (χ2n) is 5.74. The van der Waals surface area contributed by atoms with Gasteiger partial charge in [-0.2, -0.15) is 0 Å². The predicted molar refractivity (Wildman–Crippen MR) is 74.2 cm³/mol. The highest BCUT2D eigenvalue weighted by Crippen LogP contribution is 2.29. The average molecular weight is 255 g/mol. The van der Waals surface area contributed by atoms with Crippen molar-refractivity contribution in [3.63, 3.8) is 0 Å². The second kappa shape index (κ2) is 6.45. The van der Waals surface area contributed by atoms with Gasteiger partial charge in [0.15, 0.2) is 0 Å². The molecule has 0 saturated carbocycles. The van der Waals surface area contributed by atoms with Gasteiger partial charge in [0.05, 0.1) is 0 Å². The van der Waals surface area contributed by atoms with E-state index in [2.05, 4.69) is 50.1 Å². The molecular formula is C13H25N3S. The van der Waals surface area contributed by atoms with Crippen molar-refractivity contribution in [2.24, 2.45) is 11.3 Å². The minimum atomic E-state index is 0.340. The molecule has 0 fully saturated rings. The zero-order valence-corrected chi connectivity index (χ0v) is 12.5. The van der Waals surface area contributed by atoms with E-state index >= 15 is 0 Å². The average Bonchev–Trinajstić information content (AvgIpc) is 2.65. The lowest BCUT2D eigenvalue weighted by molar-refractivity contribution is 0.259. The number of nitrogens with zero attached hydrogens (tertiary/aromatic N) is 2. The highest BCUT2D eigenvalue weighted by Gasteiger charge is 2.21. The van der Waals surface area contributed by atoms with Gasteiger partial charge >= 0.3 is 0 Å². The van der Waals surface area contributed by atoms with Crippen molar-refractivity contribution in [2.45, 2.75) is 54.0 Å². The molecule has 1 rings (SSSR count). The van der Waals surface area contributed by atoms with Gasteiger partial charge in [0.2, 0.25) is 0 Å². The van der Waals surface area contributed by atoms with Crippen LogP contribution in [0.25, 0.3) is 0 Å². The molecule has 0 bridgehead atoms. The number of rotatable bonds is 6. The van der Waals surface area contributed by atoms with Gasteiger partial charge < -0.3 is 5.32 Å². The quantitative estimate of drug-likeness (QED) is 0.793. The lowest BCUT2D eigenvalue weighted by Crippen LogP contribution is -2.19. The number of hydrogen-bond acceptors (Lipinski definition) is 4. The van der Waals surface area contributed by atoms with Crippen LogP contribution in [-0.4, -0.2) is 16.7 Å². The third kappa shape index (κ3) is 5.13. The van der Waals surface area contributed by atoms with Gasteiger partial charge in [0.1, 0.15) is 10.0 Å². The maximum absolute atomic E-state index is 4.28. The van der Waals surface area contributed by atoms with Gasteiger partial charge in [0, 0.05) is 13.0 Å². The van der Waals surface area contributed by atoms with Crippen LogP contribution in [0.3, 0.4) is 0 Å². The Labute approximate surface area is 109 Å². The summed E-state index contributed by atoms with van der Waals surface area (Å²) in [6.45, 7) is 13.2. The normalized spacial score (nSPS) is 13.9. The van der Waals surface area contributed by atoms with E-state index in [1.807, 2.05) is 0 Å². The first-order valence-electron chi connectivity index (χ1n) is 6.45. The number of hydrogen-bond donors (Lipinski definition) is 1. The highest BCUT2D eigenvalue weighted by molar-refractivity contribution is 7.11. The van der Waals surface area contributed by atoms with Crippen molar-refractivity contribution in [2.75, 3.05) is 6.54 Å². The molecule has 0 spiro atoms. The van der Waals surface area contributed by atoms with Crippen molar-refractivity contribution >= 4 is 11.3 Å². The van der Waals surface area contributed by atoms with E-state index in [1.165, 1.54) is 5.01 Å². The van der Waals surface area contributed by atoms with Crippen LogP contribution >= 0.6 is 11.3 Å². The summed E-state index contributed by atoms with van der Waals surface area (Å²) >= 11 is 1.74. The summed E-state index contributed by atoms with van der Waals surface area (Å²) in [6, 6.07) is 0. The van der Waals surface area contributed by atoms with E-state index in [9.17, 15) is 0 Å². The highest BCUT2D eigenvalue weighted by atomic mass is 32.1. The summed E-state index contributed by atoms with van der Waals surface area (Å²) in [7, 11) is 0. The first-order valence-corrected chi connectivity index (χ1v) is 7.27. The van der Waals surface area contributed by atoms with Crippen molar-refractivity contribution in [3.05, 3.63) is 10.0 Å². The first kappa shape index (κ1) is 14.6. The van der Waals surface area contributed by atoms with Crippen LogP contribution in [0.2, 0.25) is 0 Å². The minimum absolute atomic E-state index is 0.340. The fraction of sp³-hybridized carbons (Fsp3) is 0.846. The van der Waals surface area contributed by atoms with Gasteiger partial charge in [0.25, 0.3) is 0 Å². The molecule has 0 aliphatic heterocycles. The Bertz CT molecular complexity index is 328. The molecule has 17 heavy (non-hydrogen) atoms. The smallest absolute Gasteiger partial charge is 0.131 e. The standard InChI is InChI=1S/C13H25N3S/c1-6-7-14-9-12-16-15-11(17-12)8-10(2)13(3,4)5/h10,14H,6-9H2,1-5H3. The van der Waals surface area contributed by atoms with Gasteiger partial charge in [-0.25, -0.2) is 0 Å². The van der Waals surface area contributed by atoms with E-state index in [4.69, 9.17) is 0 Å². The topological polar surface area (TPSA) is 37.8 Å². The largest absolute Gasteiger partial charge is 0.310 e. The molecule has 3 nitrogen and oxygen atoms in total. The lowest BCUT2D eigenvalue weighted by Gasteiger charge is -2.26. The van der Waals surface area contributed by atoms with Crippen LogP contribution in [0.5, 0.6) is 0 Å². The van der Waals surface area contributed by atoms with Crippen LogP contribution in [0.4, 0.5) is 0 Å². The fourth-order valence-electron chi connectivity index (χ4n) is 1.38. The Morgan fingerprint density at radius 2 is 1.88 bits per heavy atom. The molecule has 0 aliphatic carbocycles. The Morgan fingerprint density at radius 3 is 2.47 bits per heavy atom. The molecule has 1 unspecified atom stereocenters. The Hall–Kier alpha value is -0.480. The molecule has 1 atom stereocenters. The lowest BCUT2D eigenvalue weighted by atomic mass is 9.80. The summed E-state index contributed by atoms with van der Waals surface area (Å²) in [4.78, 5) is 0. The molecule has 0 amide bonds.